The van der Waals surface area contributed by atoms with Gasteiger partial charge in [0.05, 0.1) is 16.1 Å². The SMILES string of the molecule is Cc1ncsc1-c1n[nH]nc1C(=O)O. The topological polar surface area (TPSA) is 91.8 Å². The highest BCUT2D eigenvalue weighted by Gasteiger charge is 2.19. The van der Waals surface area contributed by atoms with Crippen molar-refractivity contribution in [1.82, 2.24) is 20.4 Å². The van der Waals surface area contributed by atoms with Gasteiger partial charge in [-0.05, 0) is 6.92 Å². The predicted molar refractivity (Wildman–Crippen MR) is 49.2 cm³/mol. The van der Waals surface area contributed by atoms with Gasteiger partial charge >= 0.3 is 5.97 Å². The van der Waals surface area contributed by atoms with Gasteiger partial charge in [-0.25, -0.2) is 9.78 Å². The summed E-state index contributed by atoms with van der Waals surface area (Å²) in [5.41, 5.74) is 2.67. The molecular weight excluding hydrogens is 204 g/mol. The molecule has 2 heterocycles. The maximum Gasteiger partial charge on any atom is 0.358 e. The molecular formula is C7H6N4O2S. The summed E-state index contributed by atoms with van der Waals surface area (Å²) in [5.74, 6) is -1.10. The molecule has 2 aromatic heterocycles. The Hall–Kier alpha value is -1.76. The predicted octanol–water partition coefficient (Wildman–Crippen LogP) is 0.935. The van der Waals surface area contributed by atoms with Crippen LogP contribution in [-0.4, -0.2) is 31.5 Å². The van der Waals surface area contributed by atoms with Crippen LogP contribution in [0.25, 0.3) is 10.6 Å². The summed E-state index contributed by atoms with van der Waals surface area (Å²) in [6.07, 6.45) is 0. The standard InChI is InChI=1S/C7H6N4O2S/c1-3-6(14-2-8-3)4-5(7(12)13)10-11-9-4/h2H,1H3,(H,12,13)(H,9,10,11). The van der Waals surface area contributed by atoms with E-state index >= 15 is 0 Å². The molecule has 0 radical (unpaired) electrons. The first-order valence-corrected chi connectivity index (χ1v) is 4.62. The minimum atomic E-state index is -1.10. The first-order valence-electron chi connectivity index (χ1n) is 3.74. The maximum absolute atomic E-state index is 10.8. The fraction of sp³-hybridized carbons (Fsp3) is 0.143. The molecule has 0 atom stereocenters. The highest BCUT2D eigenvalue weighted by Crippen LogP contribution is 2.26. The number of aryl methyl sites for hydroxylation is 1. The van der Waals surface area contributed by atoms with Gasteiger partial charge in [0.2, 0.25) is 0 Å². The first-order chi connectivity index (χ1) is 6.70. The van der Waals surface area contributed by atoms with Gasteiger partial charge < -0.3 is 5.11 Å². The Morgan fingerprint density at radius 2 is 2.36 bits per heavy atom. The molecule has 0 bridgehead atoms. The third kappa shape index (κ3) is 1.27. The van der Waals surface area contributed by atoms with Crippen molar-refractivity contribution in [3.8, 4) is 10.6 Å². The number of hydrogen-bond acceptors (Lipinski definition) is 5. The number of nitrogens with one attached hydrogen (secondary N) is 1. The van der Waals surface area contributed by atoms with Gasteiger partial charge in [-0.2, -0.15) is 10.3 Å². The number of H-pyrrole nitrogens is 1. The zero-order valence-electron chi connectivity index (χ0n) is 7.18. The molecule has 14 heavy (non-hydrogen) atoms. The monoisotopic (exact) mass is 210 g/mol. The van der Waals surface area contributed by atoms with Crippen LogP contribution in [0.2, 0.25) is 0 Å². The lowest BCUT2D eigenvalue weighted by Gasteiger charge is -1.92. The van der Waals surface area contributed by atoms with E-state index in [9.17, 15) is 4.79 Å². The fourth-order valence-corrected chi connectivity index (χ4v) is 1.86. The van der Waals surface area contributed by atoms with Gasteiger partial charge in [0.15, 0.2) is 5.69 Å². The van der Waals surface area contributed by atoms with Gasteiger partial charge in [0.25, 0.3) is 0 Å². The van der Waals surface area contributed by atoms with Gasteiger partial charge in [0.1, 0.15) is 5.69 Å². The Kier molecular flexibility index (Phi) is 2.01. The molecule has 0 amide bonds. The van der Waals surface area contributed by atoms with Crippen molar-refractivity contribution >= 4 is 17.3 Å². The van der Waals surface area contributed by atoms with Crippen LogP contribution in [-0.2, 0) is 0 Å². The average molecular weight is 210 g/mol. The summed E-state index contributed by atoms with van der Waals surface area (Å²) in [6, 6.07) is 0. The van der Waals surface area contributed by atoms with Gasteiger partial charge in [-0.15, -0.1) is 16.4 Å². The molecule has 0 fully saturated rings. The van der Waals surface area contributed by atoms with E-state index in [1.165, 1.54) is 11.3 Å². The second-order valence-electron chi connectivity index (χ2n) is 2.59. The quantitative estimate of drug-likeness (QED) is 0.769. The van der Waals surface area contributed by atoms with Crippen LogP contribution in [0.5, 0.6) is 0 Å². The van der Waals surface area contributed by atoms with Crippen LogP contribution in [0.1, 0.15) is 16.2 Å². The lowest BCUT2D eigenvalue weighted by atomic mass is 10.2. The zero-order valence-corrected chi connectivity index (χ0v) is 8.00. The van der Waals surface area contributed by atoms with Crippen molar-refractivity contribution in [3.63, 3.8) is 0 Å². The van der Waals surface area contributed by atoms with E-state index < -0.39 is 5.97 Å². The smallest absolute Gasteiger partial charge is 0.358 e. The van der Waals surface area contributed by atoms with E-state index in [0.29, 0.717) is 5.69 Å². The van der Waals surface area contributed by atoms with Crippen molar-refractivity contribution in [1.29, 1.82) is 0 Å². The number of rotatable bonds is 2. The summed E-state index contributed by atoms with van der Waals surface area (Å²) in [7, 11) is 0. The van der Waals surface area contributed by atoms with E-state index in [1.807, 2.05) is 0 Å². The Bertz CT molecular complexity index is 475. The third-order valence-corrected chi connectivity index (χ3v) is 2.65. The Morgan fingerprint density at radius 1 is 1.57 bits per heavy atom. The number of aromatic amines is 1. The van der Waals surface area contributed by atoms with Crippen molar-refractivity contribution in [2.45, 2.75) is 6.92 Å². The lowest BCUT2D eigenvalue weighted by Crippen LogP contribution is -1.99. The van der Waals surface area contributed by atoms with Crippen LogP contribution < -0.4 is 0 Å². The fourth-order valence-electron chi connectivity index (χ4n) is 1.07. The van der Waals surface area contributed by atoms with E-state index in [0.717, 1.165) is 10.6 Å². The highest BCUT2D eigenvalue weighted by atomic mass is 32.1. The molecule has 2 rings (SSSR count). The number of hydrogen-bond donors (Lipinski definition) is 2. The molecule has 0 aliphatic carbocycles. The van der Waals surface area contributed by atoms with Crippen molar-refractivity contribution < 1.29 is 9.90 Å². The summed E-state index contributed by atoms with van der Waals surface area (Å²) in [6.45, 7) is 1.80. The maximum atomic E-state index is 10.8. The number of carboxylic acids is 1. The molecule has 7 heteroatoms. The largest absolute Gasteiger partial charge is 0.476 e. The molecule has 6 nitrogen and oxygen atoms in total. The molecule has 0 unspecified atom stereocenters. The van der Waals surface area contributed by atoms with Crippen molar-refractivity contribution in [3.05, 3.63) is 16.9 Å². The van der Waals surface area contributed by atoms with Crippen molar-refractivity contribution in [2.24, 2.45) is 0 Å². The molecule has 0 spiro atoms. The highest BCUT2D eigenvalue weighted by molar-refractivity contribution is 7.13. The molecule has 0 saturated carbocycles. The average Bonchev–Trinajstić information content (AvgIpc) is 2.70. The number of carboxylic acid groups (broad SMARTS) is 1. The minimum absolute atomic E-state index is 0.0719. The second kappa shape index (κ2) is 3.18. The summed E-state index contributed by atoms with van der Waals surface area (Å²) < 4.78 is 0. The summed E-state index contributed by atoms with van der Waals surface area (Å²) >= 11 is 1.34. The number of thiazole rings is 1. The van der Waals surface area contributed by atoms with Crippen molar-refractivity contribution in [2.75, 3.05) is 0 Å². The molecule has 0 aliphatic rings. The van der Waals surface area contributed by atoms with Crippen LogP contribution >= 0.6 is 11.3 Å². The van der Waals surface area contributed by atoms with Crippen LogP contribution in [0.3, 0.4) is 0 Å². The number of aromatic nitrogens is 4. The molecule has 2 N–H and O–H groups in total. The Morgan fingerprint density at radius 3 is 2.93 bits per heavy atom. The first kappa shape index (κ1) is 8.82. The summed E-state index contributed by atoms with van der Waals surface area (Å²) in [5, 5.41) is 18.4. The molecule has 0 saturated heterocycles. The Labute approximate surface area is 82.6 Å². The Balaban J connectivity index is 2.57. The lowest BCUT2D eigenvalue weighted by molar-refractivity contribution is 0.0691. The number of aromatic carboxylic acids is 1. The minimum Gasteiger partial charge on any atom is -0.476 e. The van der Waals surface area contributed by atoms with E-state index in [4.69, 9.17) is 5.11 Å². The van der Waals surface area contributed by atoms with E-state index in [1.54, 1.807) is 12.4 Å². The second-order valence-corrected chi connectivity index (χ2v) is 3.45. The number of carbonyl (C=O) groups is 1. The van der Waals surface area contributed by atoms with Gasteiger partial charge in [-0.3, -0.25) is 0 Å². The van der Waals surface area contributed by atoms with Crippen LogP contribution in [0.15, 0.2) is 5.51 Å². The van der Waals surface area contributed by atoms with Crippen LogP contribution in [0.4, 0.5) is 0 Å². The van der Waals surface area contributed by atoms with E-state index in [2.05, 4.69) is 20.4 Å². The summed E-state index contributed by atoms with van der Waals surface area (Å²) in [4.78, 5) is 15.5. The molecule has 2 aromatic rings. The molecule has 0 aliphatic heterocycles. The number of nitrogens with zero attached hydrogens (tertiary/aromatic N) is 3. The third-order valence-electron chi connectivity index (χ3n) is 1.71. The van der Waals surface area contributed by atoms with Gasteiger partial charge in [0, 0.05) is 0 Å². The van der Waals surface area contributed by atoms with E-state index in [-0.39, 0.29) is 5.69 Å². The molecule has 72 valence electrons. The molecule has 0 aromatic carbocycles. The normalized spacial score (nSPS) is 10.4. The van der Waals surface area contributed by atoms with Crippen LogP contribution in [0, 0.1) is 6.92 Å². The zero-order chi connectivity index (χ0) is 10.1. The van der Waals surface area contributed by atoms with Gasteiger partial charge in [-0.1, -0.05) is 0 Å².